The minimum Gasteiger partial charge on any atom is -0.314 e. The number of hydrogen-bond donors (Lipinski definition) is 0. The smallest absolute Gasteiger partial charge is 0.136 e. The molecular formula is C16H15N3. The zero-order valence-electron chi connectivity index (χ0n) is 11.0. The molecule has 0 spiro atoms. The zero-order chi connectivity index (χ0) is 13.2. The Balaban J connectivity index is 2.07. The number of anilines is 2. The highest BCUT2D eigenvalue weighted by molar-refractivity contribution is 5.80. The number of nitrogens with zero attached hydrogens (tertiary/aromatic N) is 3. The molecule has 0 aliphatic carbocycles. The molecular weight excluding hydrogens is 234 g/mol. The largest absolute Gasteiger partial charge is 0.314 e. The first-order chi connectivity index (χ1) is 9.25. The predicted octanol–water partition coefficient (Wildman–Crippen LogP) is 3.71. The summed E-state index contributed by atoms with van der Waals surface area (Å²) in [5.41, 5.74) is 2.14. The maximum atomic E-state index is 4.68. The maximum absolute atomic E-state index is 4.68. The van der Waals surface area contributed by atoms with Gasteiger partial charge in [-0.1, -0.05) is 24.3 Å². The van der Waals surface area contributed by atoms with E-state index in [-0.39, 0.29) is 0 Å². The number of hydrogen-bond acceptors (Lipinski definition) is 3. The van der Waals surface area contributed by atoms with Crippen LogP contribution in [0.15, 0.2) is 54.7 Å². The lowest BCUT2D eigenvalue weighted by Gasteiger charge is -2.19. The first kappa shape index (κ1) is 11.7. The van der Waals surface area contributed by atoms with E-state index in [9.17, 15) is 0 Å². The third-order valence-corrected chi connectivity index (χ3v) is 3.23. The first-order valence-electron chi connectivity index (χ1n) is 6.27. The van der Waals surface area contributed by atoms with Crippen molar-refractivity contribution >= 4 is 22.5 Å². The first-order valence-corrected chi connectivity index (χ1v) is 6.27. The standard InChI is InChI=1S/C16H15N3/c1-12-6-5-11-17-16(12)19(2)15-10-9-13-7-3-4-8-14(13)18-15/h3-11H,1-2H3. The van der Waals surface area contributed by atoms with Crippen LogP contribution in [0.2, 0.25) is 0 Å². The lowest BCUT2D eigenvalue weighted by Crippen LogP contribution is -2.13. The molecule has 0 atom stereocenters. The van der Waals surface area contributed by atoms with Gasteiger partial charge in [0.1, 0.15) is 11.6 Å². The molecule has 3 nitrogen and oxygen atoms in total. The molecule has 0 N–H and O–H groups in total. The van der Waals surface area contributed by atoms with E-state index in [1.807, 2.05) is 42.3 Å². The minimum atomic E-state index is 0.903. The highest BCUT2D eigenvalue weighted by atomic mass is 15.2. The van der Waals surface area contributed by atoms with Gasteiger partial charge in [-0.2, -0.15) is 0 Å². The molecule has 0 saturated carbocycles. The molecule has 0 unspecified atom stereocenters. The van der Waals surface area contributed by atoms with E-state index in [4.69, 9.17) is 0 Å². The van der Waals surface area contributed by atoms with Crippen molar-refractivity contribution in [2.24, 2.45) is 0 Å². The number of aryl methyl sites for hydroxylation is 1. The van der Waals surface area contributed by atoms with Crippen LogP contribution < -0.4 is 4.90 Å². The monoisotopic (exact) mass is 249 g/mol. The van der Waals surface area contributed by atoms with Crippen molar-refractivity contribution in [3.8, 4) is 0 Å². The van der Waals surface area contributed by atoms with E-state index >= 15 is 0 Å². The fourth-order valence-electron chi connectivity index (χ4n) is 2.18. The van der Waals surface area contributed by atoms with Crippen molar-refractivity contribution in [2.75, 3.05) is 11.9 Å². The van der Waals surface area contributed by atoms with Crippen LogP contribution in [0.3, 0.4) is 0 Å². The Labute approximate surface area is 112 Å². The number of rotatable bonds is 2. The molecule has 0 aliphatic rings. The Morgan fingerprint density at radius 3 is 2.63 bits per heavy atom. The number of aromatic nitrogens is 2. The number of benzene rings is 1. The van der Waals surface area contributed by atoms with Crippen molar-refractivity contribution in [1.29, 1.82) is 0 Å². The van der Waals surface area contributed by atoms with Crippen LogP contribution in [0.1, 0.15) is 5.56 Å². The van der Waals surface area contributed by atoms with Gasteiger partial charge in [-0.05, 0) is 36.8 Å². The summed E-state index contributed by atoms with van der Waals surface area (Å²) in [5, 5.41) is 1.15. The summed E-state index contributed by atoms with van der Waals surface area (Å²) < 4.78 is 0. The second kappa shape index (κ2) is 4.69. The molecule has 1 aromatic carbocycles. The third kappa shape index (κ3) is 2.15. The van der Waals surface area contributed by atoms with Gasteiger partial charge >= 0.3 is 0 Å². The fourth-order valence-corrected chi connectivity index (χ4v) is 2.18. The van der Waals surface area contributed by atoms with E-state index < -0.39 is 0 Å². The highest BCUT2D eigenvalue weighted by Crippen LogP contribution is 2.24. The van der Waals surface area contributed by atoms with Gasteiger partial charge in [0.05, 0.1) is 5.52 Å². The zero-order valence-corrected chi connectivity index (χ0v) is 11.0. The Kier molecular flexibility index (Phi) is 2.88. The van der Waals surface area contributed by atoms with Gasteiger partial charge in [0.15, 0.2) is 0 Å². The second-order valence-electron chi connectivity index (χ2n) is 4.57. The van der Waals surface area contributed by atoms with Crippen molar-refractivity contribution < 1.29 is 0 Å². The van der Waals surface area contributed by atoms with Gasteiger partial charge in [0.25, 0.3) is 0 Å². The van der Waals surface area contributed by atoms with Crippen LogP contribution >= 0.6 is 0 Å². The van der Waals surface area contributed by atoms with Crippen LogP contribution in [0.4, 0.5) is 11.6 Å². The van der Waals surface area contributed by atoms with Gasteiger partial charge < -0.3 is 4.90 Å². The molecule has 2 aromatic heterocycles. The Hall–Kier alpha value is -2.42. The summed E-state index contributed by atoms with van der Waals surface area (Å²) in [6.07, 6.45) is 1.81. The van der Waals surface area contributed by atoms with Crippen molar-refractivity contribution in [3.63, 3.8) is 0 Å². The fraction of sp³-hybridized carbons (Fsp3) is 0.125. The Morgan fingerprint density at radius 2 is 1.79 bits per heavy atom. The average molecular weight is 249 g/mol. The van der Waals surface area contributed by atoms with Gasteiger partial charge in [0, 0.05) is 18.6 Å². The third-order valence-electron chi connectivity index (χ3n) is 3.23. The quantitative estimate of drug-likeness (QED) is 0.693. The van der Waals surface area contributed by atoms with Gasteiger partial charge in [-0.15, -0.1) is 0 Å². The van der Waals surface area contributed by atoms with E-state index in [0.717, 1.165) is 28.1 Å². The lowest BCUT2D eigenvalue weighted by atomic mass is 10.2. The molecule has 0 radical (unpaired) electrons. The van der Waals surface area contributed by atoms with Crippen LogP contribution in [0.5, 0.6) is 0 Å². The van der Waals surface area contributed by atoms with E-state index in [1.165, 1.54) is 0 Å². The van der Waals surface area contributed by atoms with E-state index in [0.29, 0.717) is 0 Å². The van der Waals surface area contributed by atoms with Crippen LogP contribution in [0, 0.1) is 6.92 Å². The van der Waals surface area contributed by atoms with E-state index in [2.05, 4.69) is 35.1 Å². The lowest BCUT2D eigenvalue weighted by molar-refractivity contribution is 1.07. The molecule has 0 fully saturated rings. The van der Waals surface area contributed by atoms with Crippen LogP contribution in [-0.4, -0.2) is 17.0 Å². The molecule has 0 bridgehead atoms. The molecule has 0 aliphatic heterocycles. The summed E-state index contributed by atoms with van der Waals surface area (Å²) >= 11 is 0. The Morgan fingerprint density at radius 1 is 0.947 bits per heavy atom. The summed E-state index contributed by atoms with van der Waals surface area (Å²) in [7, 11) is 1.99. The second-order valence-corrected chi connectivity index (χ2v) is 4.57. The number of para-hydroxylation sites is 1. The molecule has 2 heterocycles. The summed E-state index contributed by atoms with van der Waals surface area (Å²) in [5.74, 6) is 1.84. The maximum Gasteiger partial charge on any atom is 0.136 e. The number of fused-ring (bicyclic) bond motifs is 1. The topological polar surface area (TPSA) is 29.0 Å². The van der Waals surface area contributed by atoms with Gasteiger partial charge in [-0.3, -0.25) is 0 Å². The predicted molar refractivity (Wildman–Crippen MR) is 78.8 cm³/mol. The van der Waals surface area contributed by atoms with Gasteiger partial charge in [0.2, 0.25) is 0 Å². The number of pyridine rings is 2. The average Bonchev–Trinajstić information content (AvgIpc) is 2.46. The van der Waals surface area contributed by atoms with Crippen LogP contribution in [0.25, 0.3) is 10.9 Å². The Bertz CT molecular complexity index is 722. The molecule has 3 rings (SSSR count). The normalized spacial score (nSPS) is 10.6. The van der Waals surface area contributed by atoms with Gasteiger partial charge in [-0.25, -0.2) is 9.97 Å². The molecule has 19 heavy (non-hydrogen) atoms. The summed E-state index contributed by atoms with van der Waals surface area (Å²) in [6, 6.07) is 16.2. The molecule has 3 heteroatoms. The molecule has 94 valence electrons. The molecule has 0 amide bonds. The van der Waals surface area contributed by atoms with E-state index in [1.54, 1.807) is 6.20 Å². The SMILES string of the molecule is Cc1cccnc1N(C)c1ccc2ccccc2n1. The minimum absolute atomic E-state index is 0.903. The van der Waals surface area contributed by atoms with Crippen molar-refractivity contribution in [1.82, 2.24) is 9.97 Å². The molecule has 0 saturated heterocycles. The van der Waals surface area contributed by atoms with Crippen molar-refractivity contribution in [3.05, 3.63) is 60.3 Å². The highest BCUT2D eigenvalue weighted by Gasteiger charge is 2.09. The summed E-state index contributed by atoms with van der Waals surface area (Å²) in [6.45, 7) is 2.06. The van der Waals surface area contributed by atoms with Crippen LogP contribution in [-0.2, 0) is 0 Å². The molecule has 3 aromatic rings. The van der Waals surface area contributed by atoms with Crippen molar-refractivity contribution in [2.45, 2.75) is 6.92 Å². The summed E-state index contributed by atoms with van der Waals surface area (Å²) in [4.78, 5) is 11.1.